The average Bonchev–Trinajstić information content (AvgIpc) is 2.56. The van der Waals surface area contributed by atoms with Crippen LogP contribution in [0.4, 0.5) is 0 Å². The van der Waals surface area contributed by atoms with Gasteiger partial charge in [-0.3, -0.25) is 9.59 Å². The van der Waals surface area contributed by atoms with Crippen LogP contribution < -0.4 is 10.6 Å². The molecule has 0 saturated carbocycles. The Bertz CT molecular complexity index is 497. The molecule has 2 N–H and O–H groups in total. The maximum Gasteiger partial charge on any atom is 0.227 e. The molecule has 23 heavy (non-hydrogen) atoms. The number of carbonyl (C=O) groups excluding carboxylic acids is 3. The number of benzene rings is 1. The third kappa shape index (κ3) is 6.63. The number of nitrogens with one attached hydrogen (secondary N) is 2. The van der Waals surface area contributed by atoms with E-state index in [4.69, 9.17) is 0 Å². The summed E-state index contributed by atoms with van der Waals surface area (Å²) in [6, 6.07) is 8.08. The largest absolute Gasteiger partial charge is 0.359 e. The van der Waals surface area contributed by atoms with Gasteiger partial charge in [-0.2, -0.15) is 0 Å². The van der Waals surface area contributed by atoms with Crippen molar-refractivity contribution in [2.75, 3.05) is 13.1 Å². The Morgan fingerprint density at radius 1 is 1.09 bits per heavy atom. The minimum absolute atomic E-state index is 0.0338. The fourth-order valence-electron chi connectivity index (χ4n) is 2.46. The molecule has 0 saturated heterocycles. The Morgan fingerprint density at radius 3 is 2.30 bits per heavy atom. The predicted octanol–water partition coefficient (Wildman–Crippen LogP) is 2.12. The summed E-state index contributed by atoms with van der Waals surface area (Å²) in [6.07, 6.45) is 3.70. The number of amides is 2. The number of rotatable bonds is 11. The van der Waals surface area contributed by atoms with Crippen LogP contribution in [0.25, 0.3) is 0 Å². The van der Waals surface area contributed by atoms with E-state index in [-0.39, 0.29) is 18.4 Å². The molecule has 0 spiro atoms. The highest BCUT2D eigenvalue weighted by atomic mass is 16.2. The fraction of sp³-hybridized carbons (Fsp3) is 0.500. The van der Waals surface area contributed by atoms with E-state index in [1.165, 1.54) is 5.56 Å². The standard InChI is InChI=1S/C18H26N2O3/c1-14(2)15-6-8-16(9-7-15)17(18(23)20-11-12-21)5-3-4-10-19-13-22/h6-9,12-14,17H,3-5,10-11H2,1-2H3,(H,19,22)(H,20,23). The van der Waals surface area contributed by atoms with Crippen LogP contribution in [0.3, 0.4) is 0 Å². The van der Waals surface area contributed by atoms with Crippen molar-refractivity contribution in [1.29, 1.82) is 0 Å². The number of unbranched alkanes of at least 4 members (excludes halogenated alkanes) is 1. The topological polar surface area (TPSA) is 75.3 Å². The van der Waals surface area contributed by atoms with E-state index in [0.717, 1.165) is 18.4 Å². The van der Waals surface area contributed by atoms with Crippen LogP contribution in [0.15, 0.2) is 24.3 Å². The first kappa shape index (κ1) is 18.9. The first-order valence-electron chi connectivity index (χ1n) is 8.08. The van der Waals surface area contributed by atoms with Gasteiger partial charge >= 0.3 is 0 Å². The van der Waals surface area contributed by atoms with E-state index in [0.29, 0.717) is 31.6 Å². The highest BCUT2D eigenvalue weighted by molar-refractivity contribution is 5.85. The normalized spacial score (nSPS) is 11.8. The first-order chi connectivity index (χ1) is 11.1. The summed E-state index contributed by atoms with van der Waals surface area (Å²) < 4.78 is 0. The van der Waals surface area contributed by atoms with E-state index in [2.05, 4.69) is 24.5 Å². The Kier molecular flexibility index (Phi) is 8.65. The van der Waals surface area contributed by atoms with Crippen molar-refractivity contribution < 1.29 is 14.4 Å². The minimum atomic E-state index is -0.271. The number of aldehydes is 1. The van der Waals surface area contributed by atoms with Crippen LogP contribution in [0, 0.1) is 0 Å². The Balaban J connectivity index is 2.74. The summed E-state index contributed by atoms with van der Waals surface area (Å²) in [6.45, 7) is 4.90. The molecule has 1 rings (SSSR count). The zero-order chi connectivity index (χ0) is 17.1. The molecule has 0 aliphatic carbocycles. The van der Waals surface area contributed by atoms with E-state index in [9.17, 15) is 14.4 Å². The summed E-state index contributed by atoms with van der Waals surface area (Å²) in [7, 11) is 0. The molecule has 5 heteroatoms. The van der Waals surface area contributed by atoms with E-state index >= 15 is 0 Å². The first-order valence-corrected chi connectivity index (χ1v) is 8.08. The van der Waals surface area contributed by atoms with Gasteiger partial charge in [0.25, 0.3) is 0 Å². The lowest BCUT2D eigenvalue weighted by molar-refractivity contribution is -0.124. The molecule has 2 amide bonds. The Labute approximate surface area is 137 Å². The smallest absolute Gasteiger partial charge is 0.227 e. The number of hydrogen-bond donors (Lipinski definition) is 2. The molecular formula is C18H26N2O3. The minimum Gasteiger partial charge on any atom is -0.359 e. The Hall–Kier alpha value is -2.17. The number of carbonyl (C=O) groups is 3. The fourth-order valence-corrected chi connectivity index (χ4v) is 2.46. The molecule has 0 radical (unpaired) electrons. The van der Waals surface area contributed by atoms with Gasteiger partial charge in [-0.1, -0.05) is 44.5 Å². The van der Waals surface area contributed by atoms with Crippen LogP contribution in [0.2, 0.25) is 0 Å². The molecule has 126 valence electrons. The summed E-state index contributed by atoms with van der Waals surface area (Å²) in [5, 5.41) is 5.26. The van der Waals surface area contributed by atoms with Gasteiger partial charge in [0.1, 0.15) is 6.29 Å². The second kappa shape index (κ2) is 10.5. The average molecular weight is 318 g/mol. The molecule has 1 unspecified atom stereocenters. The maximum atomic E-state index is 12.3. The third-order valence-corrected chi connectivity index (χ3v) is 3.83. The van der Waals surface area contributed by atoms with Crippen molar-refractivity contribution >= 4 is 18.6 Å². The second-order valence-corrected chi connectivity index (χ2v) is 5.85. The van der Waals surface area contributed by atoms with Gasteiger partial charge in [-0.15, -0.1) is 0 Å². The van der Waals surface area contributed by atoms with Crippen molar-refractivity contribution in [1.82, 2.24) is 10.6 Å². The van der Waals surface area contributed by atoms with Gasteiger partial charge in [0.2, 0.25) is 12.3 Å². The quantitative estimate of drug-likeness (QED) is 0.485. The van der Waals surface area contributed by atoms with Crippen LogP contribution in [-0.4, -0.2) is 31.7 Å². The van der Waals surface area contributed by atoms with Gasteiger partial charge in [0, 0.05) is 6.54 Å². The highest BCUT2D eigenvalue weighted by Gasteiger charge is 2.20. The summed E-state index contributed by atoms with van der Waals surface area (Å²) in [5.41, 5.74) is 2.19. The lowest BCUT2D eigenvalue weighted by Crippen LogP contribution is -2.31. The van der Waals surface area contributed by atoms with Gasteiger partial charge < -0.3 is 15.4 Å². The van der Waals surface area contributed by atoms with E-state index in [1.807, 2.05) is 24.3 Å². The van der Waals surface area contributed by atoms with Gasteiger partial charge in [0.05, 0.1) is 12.5 Å². The SMILES string of the molecule is CC(C)c1ccc(C(CCCCNC=O)C(=O)NCC=O)cc1. The predicted molar refractivity (Wildman–Crippen MR) is 90.3 cm³/mol. The third-order valence-electron chi connectivity index (χ3n) is 3.83. The monoisotopic (exact) mass is 318 g/mol. The van der Waals surface area contributed by atoms with E-state index < -0.39 is 0 Å². The van der Waals surface area contributed by atoms with Crippen LogP contribution in [-0.2, 0) is 14.4 Å². The van der Waals surface area contributed by atoms with E-state index in [1.54, 1.807) is 0 Å². The zero-order valence-corrected chi connectivity index (χ0v) is 13.9. The molecule has 1 aromatic rings. The molecule has 0 heterocycles. The van der Waals surface area contributed by atoms with Crippen LogP contribution >= 0.6 is 0 Å². The molecule has 0 aliphatic rings. The van der Waals surface area contributed by atoms with Crippen LogP contribution in [0.1, 0.15) is 56.1 Å². The molecule has 0 bridgehead atoms. The van der Waals surface area contributed by atoms with Crippen molar-refractivity contribution in [2.24, 2.45) is 0 Å². The molecule has 1 aromatic carbocycles. The molecule has 0 aliphatic heterocycles. The molecular weight excluding hydrogens is 292 g/mol. The van der Waals surface area contributed by atoms with Crippen molar-refractivity contribution in [3.8, 4) is 0 Å². The van der Waals surface area contributed by atoms with Crippen molar-refractivity contribution in [2.45, 2.75) is 44.9 Å². The summed E-state index contributed by atoms with van der Waals surface area (Å²) in [5.74, 6) is 0.0472. The zero-order valence-electron chi connectivity index (χ0n) is 13.9. The Morgan fingerprint density at radius 2 is 1.74 bits per heavy atom. The summed E-state index contributed by atoms with van der Waals surface area (Å²) >= 11 is 0. The van der Waals surface area contributed by atoms with Gasteiger partial charge in [0.15, 0.2) is 0 Å². The summed E-state index contributed by atoms with van der Waals surface area (Å²) in [4.78, 5) is 33.0. The van der Waals surface area contributed by atoms with Crippen LogP contribution in [0.5, 0.6) is 0 Å². The van der Waals surface area contributed by atoms with Gasteiger partial charge in [-0.05, 0) is 29.9 Å². The number of hydrogen-bond acceptors (Lipinski definition) is 3. The molecule has 0 aromatic heterocycles. The van der Waals surface area contributed by atoms with Crippen molar-refractivity contribution in [3.05, 3.63) is 35.4 Å². The highest BCUT2D eigenvalue weighted by Crippen LogP contribution is 2.24. The lowest BCUT2D eigenvalue weighted by atomic mass is 9.90. The second-order valence-electron chi connectivity index (χ2n) is 5.85. The maximum absolute atomic E-state index is 12.3. The lowest BCUT2D eigenvalue weighted by Gasteiger charge is -2.17. The van der Waals surface area contributed by atoms with Gasteiger partial charge in [-0.25, -0.2) is 0 Å². The molecule has 0 fully saturated rings. The van der Waals surface area contributed by atoms with Crippen molar-refractivity contribution in [3.63, 3.8) is 0 Å². The molecule has 5 nitrogen and oxygen atoms in total. The molecule has 1 atom stereocenters.